The summed E-state index contributed by atoms with van der Waals surface area (Å²) in [6, 6.07) is 16.7. The molecule has 0 bridgehead atoms. The first-order valence-corrected chi connectivity index (χ1v) is 14.6. The molecule has 2 N–H and O–H groups in total. The monoisotopic (exact) mass is 576 g/mol. The van der Waals surface area contributed by atoms with Crippen molar-refractivity contribution in [1.82, 2.24) is 39.9 Å². The van der Waals surface area contributed by atoms with E-state index in [2.05, 4.69) is 36.0 Å². The highest BCUT2D eigenvalue weighted by Gasteiger charge is 2.18. The zero-order valence-corrected chi connectivity index (χ0v) is 24.3. The maximum absolute atomic E-state index is 14.8. The van der Waals surface area contributed by atoms with Gasteiger partial charge in [-0.05, 0) is 87.6 Å². The second-order valence-electron chi connectivity index (χ2n) is 11.3. The second kappa shape index (κ2) is 11.5. The zero-order valence-electron chi connectivity index (χ0n) is 24.3. The van der Waals surface area contributed by atoms with Gasteiger partial charge in [-0.3, -0.25) is 15.0 Å². The fourth-order valence-corrected chi connectivity index (χ4v) is 5.78. The van der Waals surface area contributed by atoms with E-state index >= 15 is 0 Å². The van der Waals surface area contributed by atoms with E-state index in [-0.39, 0.29) is 5.82 Å². The first-order valence-electron chi connectivity index (χ1n) is 14.6. The third kappa shape index (κ3) is 5.71. The molecule has 43 heavy (non-hydrogen) atoms. The number of nitrogens with one attached hydrogen (secondary N) is 2. The molecule has 0 unspecified atom stereocenters. The summed E-state index contributed by atoms with van der Waals surface area (Å²) in [4.78, 5) is 22.2. The molecular formula is C33H33FN8O. The van der Waals surface area contributed by atoms with E-state index in [1.54, 1.807) is 0 Å². The molecule has 10 heteroatoms. The SMILES string of the molecule is CN(C)Cc1cncc(-c2ccc3[nH]nc(-c4nc5c(-c6cc(F)cc(OCCN7CCCC7)c6)cccc5[nH]4)c3n2)c1. The van der Waals surface area contributed by atoms with Crippen LogP contribution < -0.4 is 4.74 Å². The molecular weight excluding hydrogens is 543 g/mol. The molecule has 1 fully saturated rings. The van der Waals surface area contributed by atoms with Crippen LogP contribution in [0.5, 0.6) is 5.75 Å². The van der Waals surface area contributed by atoms with Crippen molar-refractivity contribution in [3.05, 3.63) is 78.4 Å². The topological polar surface area (TPSA) is 98.9 Å². The van der Waals surface area contributed by atoms with Crippen molar-refractivity contribution in [2.24, 2.45) is 0 Å². The number of H-pyrrole nitrogens is 2. The Labute approximate surface area is 248 Å². The van der Waals surface area contributed by atoms with Gasteiger partial charge in [-0.25, -0.2) is 14.4 Å². The summed E-state index contributed by atoms with van der Waals surface area (Å²) in [6.07, 6.45) is 6.16. The van der Waals surface area contributed by atoms with Gasteiger partial charge in [0.25, 0.3) is 0 Å². The van der Waals surface area contributed by atoms with Crippen LogP contribution in [0.4, 0.5) is 4.39 Å². The number of halogens is 1. The molecule has 0 amide bonds. The Morgan fingerprint density at radius 1 is 0.930 bits per heavy atom. The quantitative estimate of drug-likeness (QED) is 0.221. The van der Waals surface area contributed by atoms with Crippen LogP contribution in [0.3, 0.4) is 0 Å². The number of para-hydroxylation sites is 1. The van der Waals surface area contributed by atoms with Gasteiger partial charge in [-0.1, -0.05) is 12.1 Å². The molecule has 9 nitrogen and oxygen atoms in total. The predicted octanol–water partition coefficient (Wildman–Crippen LogP) is 5.91. The van der Waals surface area contributed by atoms with E-state index in [0.29, 0.717) is 35.0 Å². The molecule has 2 aromatic carbocycles. The predicted molar refractivity (Wildman–Crippen MR) is 166 cm³/mol. The van der Waals surface area contributed by atoms with Gasteiger partial charge in [-0.2, -0.15) is 5.10 Å². The lowest BCUT2D eigenvalue weighted by atomic mass is 10.0. The summed E-state index contributed by atoms with van der Waals surface area (Å²) < 4.78 is 20.7. The van der Waals surface area contributed by atoms with Gasteiger partial charge < -0.3 is 14.6 Å². The molecule has 0 atom stereocenters. The molecule has 5 heterocycles. The second-order valence-corrected chi connectivity index (χ2v) is 11.3. The standard InChI is InChI=1S/C33H33FN8O/c1-41(2)20-21-14-23(19-35-18-21)27-8-9-29-31(36-27)32(40-39-29)33-37-28-7-5-6-26(30(28)38-33)22-15-24(34)17-25(16-22)43-13-12-42-10-3-4-11-42/h5-9,14-19H,3-4,10-13,20H2,1-2H3,(H,37,38)(H,39,40). The highest BCUT2D eigenvalue weighted by atomic mass is 19.1. The molecule has 1 aliphatic rings. The molecule has 0 aliphatic carbocycles. The minimum Gasteiger partial charge on any atom is -0.492 e. The van der Waals surface area contributed by atoms with Crippen LogP contribution in [0.25, 0.3) is 56.0 Å². The van der Waals surface area contributed by atoms with Gasteiger partial charge in [0.05, 0.1) is 22.2 Å². The number of benzene rings is 2. The number of rotatable bonds is 9. The van der Waals surface area contributed by atoms with Crippen LogP contribution >= 0.6 is 0 Å². The van der Waals surface area contributed by atoms with Crippen molar-refractivity contribution in [3.8, 4) is 39.7 Å². The lowest BCUT2D eigenvalue weighted by Crippen LogP contribution is -2.25. The van der Waals surface area contributed by atoms with Gasteiger partial charge in [0.15, 0.2) is 11.5 Å². The minimum absolute atomic E-state index is 0.347. The Kier molecular flexibility index (Phi) is 7.30. The van der Waals surface area contributed by atoms with Gasteiger partial charge in [0.2, 0.25) is 0 Å². The summed E-state index contributed by atoms with van der Waals surface area (Å²) in [5, 5.41) is 7.65. The summed E-state index contributed by atoms with van der Waals surface area (Å²) >= 11 is 0. The molecule has 0 spiro atoms. The number of imidazole rings is 1. The third-order valence-corrected chi connectivity index (χ3v) is 7.79. The van der Waals surface area contributed by atoms with E-state index in [1.807, 2.05) is 62.9 Å². The number of aromatic amines is 2. The van der Waals surface area contributed by atoms with Gasteiger partial charge >= 0.3 is 0 Å². The molecule has 1 aliphatic heterocycles. The summed E-state index contributed by atoms with van der Waals surface area (Å²) in [5.41, 5.74) is 8.02. The minimum atomic E-state index is -0.347. The fourth-order valence-electron chi connectivity index (χ4n) is 5.78. The van der Waals surface area contributed by atoms with Crippen LogP contribution in [-0.2, 0) is 6.54 Å². The Bertz CT molecular complexity index is 1910. The Morgan fingerprint density at radius 3 is 2.67 bits per heavy atom. The van der Waals surface area contributed by atoms with Crippen molar-refractivity contribution in [2.45, 2.75) is 19.4 Å². The van der Waals surface area contributed by atoms with Crippen molar-refractivity contribution >= 4 is 22.1 Å². The van der Waals surface area contributed by atoms with Crippen LogP contribution in [0.15, 0.2) is 67.0 Å². The largest absolute Gasteiger partial charge is 0.492 e. The summed E-state index contributed by atoms with van der Waals surface area (Å²) in [5.74, 6) is 0.748. The number of fused-ring (bicyclic) bond motifs is 2. The van der Waals surface area contributed by atoms with Crippen molar-refractivity contribution in [3.63, 3.8) is 0 Å². The van der Waals surface area contributed by atoms with Crippen molar-refractivity contribution < 1.29 is 9.13 Å². The van der Waals surface area contributed by atoms with Crippen molar-refractivity contribution in [1.29, 1.82) is 0 Å². The maximum Gasteiger partial charge on any atom is 0.161 e. The van der Waals surface area contributed by atoms with Gasteiger partial charge in [-0.15, -0.1) is 0 Å². The smallest absolute Gasteiger partial charge is 0.161 e. The number of likely N-dealkylation sites (tertiary alicyclic amines) is 1. The number of hydrogen-bond donors (Lipinski definition) is 2. The molecule has 0 saturated carbocycles. The number of hydrogen-bond acceptors (Lipinski definition) is 7. The Balaban J connectivity index is 1.21. The lowest BCUT2D eigenvalue weighted by Gasteiger charge is -2.15. The molecule has 1 saturated heterocycles. The van der Waals surface area contributed by atoms with E-state index < -0.39 is 0 Å². The maximum atomic E-state index is 14.8. The highest BCUT2D eigenvalue weighted by Crippen LogP contribution is 2.34. The fraction of sp³-hybridized carbons (Fsp3) is 0.273. The van der Waals surface area contributed by atoms with E-state index in [0.717, 1.165) is 65.1 Å². The van der Waals surface area contributed by atoms with Crippen LogP contribution in [0.2, 0.25) is 0 Å². The van der Waals surface area contributed by atoms with Gasteiger partial charge in [0, 0.05) is 42.7 Å². The zero-order chi connectivity index (χ0) is 29.3. The first kappa shape index (κ1) is 27.2. The first-order chi connectivity index (χ1) is 21.0. The molecule has 7 rings (SSSR count). The van der Waals surface area contributed by atoms with Crippen LogP contribution in [0.1, 0.15) is 18.4 Å². The van der Waals surface area contributed by atoms with E-state index in [4.69, 9.17) is 14.7 Å². The summed E-state index contributed by atoms with van der Waals surface area (Å²) in [6.45, 7) is 4.36. The average Bonchev–Trinajstić information content (AvgIpc) is 3.76. The highest BCUT2D eigenvalue weighted by molar-refractivity contribution is 5.96. The van der Waals surface area contributed by atoms with E-state index in [9.17, 15) is 4.39 Å². The normalized spacial score (nSPS) is 14.0. The number of aromatic nitrogens is 6. The number of nitrogens with zero attached hydrogens (tertiary/aromatic N) is 6. The third-order valence-electron chi connectivity index (χ3n) is 7.79. The lowest BCUT2D eigenvalue weighted by molar-refractivity contribution is 0.237. The Morgan fingerprint density at radius 2 is 1.81 bits per heavy atom. The van der Waals surface area contributed by atoms with E-state index in [1.165, 1.54) is 25.0 Å². The number of pyridine rings is 2. The molecule has 0 radical (unpaired) electrons. The molecule has 4 aromatic heterocycles. The van der Waals surface area contributed by atoms with Gasteiger partial charge in [0.1, 0.15) is 23.7 Å². The molecule has 6 aromatic rings. The van der Waals surface area contributed by atoms with Crippen LogP contribution in [-0.4, -0.2) is 80.3 Å². The summed E-state index contributed by atoms with van der Waals surface area (Å²) in [7, 11) is 4.07. The number of ether oxygens (including phenoxy) is 1. The van der Waals surface area contributed by atoms with Crippen molar-refractivity contribution in [2.75, 3.05) is 40.3 Å². The van der Waals surface area contributed by atoms with Crippen LogP contribution in [0, 0.1) is 5.82 Å². The average molecular weight is 577 g/mol. The Hall–Kier alpha value is -4.67. The molecule has 218 valence electrons.